The molecule has 1 aromatic carbocycles. The van der Waals surface area contributed by atoms with Gasteiger partial charge in [0.25, 0.3) is 0 Å². The lowest BCUT2D eigenvalue weighted by Crippen LogP contribution is -2.17. The van der Waals surface area contributed by atoms with Crippen molar-refractivity contribution >= 4 is 6.08 Å². The van der Waals surface area contributed by atoms with E-state index in [1.807, 2.05) is 26.8 Å². The minimum Gasteiger partial charge on any atom is -0.406 e. The van der Waals surface area contributed by atoms with E-state index in [1.54, 1.807) is 12.1 Å². The van der Waals surface area contributed by atoms with E-state index >= 15 is 0 Å². The van der Waals surface area contributed by atoms with Gasteiger partial charge in [-0.3, -0.25) is 0 Å². The van der Waals surface area contributed by atoms with Crippen LogP contribution in [-0.2, 0) is 0 Å². The SMILES string of the molecule is C=C/C(=C\c1cc(OC(F)(F)F)ccc1C)C(C)C. The van der Waals surface area contributed by atoms with Crippen LogP contribution in [0.3, 0.4) is 0 Å². The summed E-state index contributed by atoms with van der Waals surface area (Å²) in [5.74, 6) is 0.0422. The summed E-state index contributed by atoms with van der Waals surface area (Å²) in [7, 11) is 0. The third kappa shape index (κ3) is 4.81. The number of benzene rings is 1. The predicted octanol–water partition coefficient (Wildman–Crippen LogP) is 5.12. The number of aryl methyl sites for hydroxylation is 1. The summed E-state index contributed by atoms with van der Waals surface area (Å²) >= 11 is 0. The van der Waals surface area contributed by atoms with Crippen molar-refractivity contribution in [3.05, 3.63) is 47.6 Å². The van der Waals surface area contributed by atoms with Gasteiger partial charge in [-0.15, -0.1) is 13.2 Å². The molecule has 0 unspecified atom stereocenters. The molecule has 0 N–H and O–H groups in total. The lowest BCUT2D eigenvalue weighted by molar-refractivity contribution is -0.274. The summed E-state index contributed by atoms with van der Waals surface area (Å²) < 4.78 is 40.4. The Morgan fingerprint density at radius 3 is 2.42 bits per heavy atom. The van der Waals surface area contributed by atoms with E-state index < -0.39 is 6.36 Å². The zero-order valence-corrected chi connectivity index (χ0v) is 11.2. The maximum atomic E-state index is 12.2. The summed E-state index contributed by atoms with van der Waals surface area (Å²) in [5.41, 5.74) is 2.55. The largest absolute Gasteiger partial charge is 0.573 e. The fourth-order valence-corrected chi connectivity index (χ4v) is 1.61. The van der Waals surface area contributed by atoms with Crippen LogP contribution in [0.4, 0.5) is 13.2 Å². The van der Waals surface area contributed by atoms with Crippen LogP contribution in [0, 0.1) is 12.8 Å². The summed E-state index contributed by atoms with van der Waals surface area (Å²) in [6, 6.07) is 4.30. The first-order valence-electron chi connectivity index (χ1n) is 5.93. The Labute approximate surface area is 111 Å². The lowest BCUT2D eigenvalue weighted by atomic mass is 9.98. The molecule has 1 aromatic rings. The summed E-state index contributed by atoms with van der Waals surface area (Å²) in [5, 5.41) is 0. The second-order valence-electron chi connectivity index (χ2n) is 4.57. The smallest absolute Gasteiger partial charge is 0.406 e. The van der Waals surface area contributed by atoms with Crippen molar-refractivity contribution in [2.24, 2.45) is 5.92 Å². The molecule has 0 radical (unpaired) electrons. The van der Waals surface area contributed by atoms with Gasteiger partial charge < -0.3 is 4.74 Å². The Morgan fingerprint density at radius 1 is 1.32 bits per heavy atom. The van der Waals surface area contributed by atoms with Gasteiger partial charge in [-0.05, 0) is 41.7 Å². The summed E-state index contributed by atoms with van der Waals surface area (Å²) in [6.45, 7) is 9.55. The molecule has 0 atom stereocenters. The zero-order chi connectivity index (χ0) is 14.6. The highest BCUT2D eigenvalue weighted by Gasteiger charge is 2.31. The highest BCUT2D eigenvalue weighted by molar-refractivity contribution is 5.61. The minimum absolute atomic E-state index is 0.212. The second-order valence-corrected chi connectivity index (χ2v) is 4.57. The average molecular weight is 270 g/mol. The van der Waals surface area contributed by atoms with Gasteiger partial charge in [-0.25, -0.2) is 0 Å². The van der Waals surface area contributed by atoms with E-state index in [0.29, 0.717) is 5.56 Å². The molecule has 0 aliphatic rings. The van der Waals surface area contributed by atoms with Crippen molar-refractivity contribution in [1.29, 1.82) is 0 Å². The molecular weight excluding hydrogens is 253 g/mol. The fourth-order valence-electron chi connectivity index (χ4n) is 1.61. The zero-order valence-electron chi connectivity index (χ0n) is 11.2. The predicted molar refractivity (Wildman–Crippen MR) is 70.9 cm³/mol. The lowest BCUT2D eigenvalue weighted by Gasteiger charge is -2.12. The quantitative estimate of drug-likeness (QED) is 0.690. The highest BCUT2D eigenvalue weighted by Crippen LogP contribution is 2.27. The van der Waals surface area contributed by atoms with E-state index in [9.17, 15) is 13.2 Å². The number of hydrogen-bond acceptors (Lipinski definition) is 1. The Bertz CT molecular complexity index is 485. The maximum Gasteiger partial charge on any atom is 0.573 e. The number of rotatable bonds is 4. The Kier molecular flexibility index (Phi) is 4.81. The first-order chi connectivity index (χ1) is 8.73. The molecule has 0 aliphatic carbocycles. The van der Waals surface area contributed by atoms with Crippen LogP contribution in [0.25, 0.3) is 6.08 Å². The van der Waals surface area contributed by atoms with Gasteiger partial charge >= 0.3 is 6.36 Å². The molecular formula is C15H17F3O. The van der Waals surface area contributed by atoms with Gasteiger partial charge in [0.15, 0.2) is 0 Å². The van der Waals surface area contributed by atoms with Crippen molar-refractivity contribution in [3.63, 3.8) is 0 Å². The van der Waals surface area contributed by atoms with Gasteiger partial charge in [0.2, 0.25) is 0 Å². The van der Waals surface area contributed by atoms with Gasteiger partial charge in [0.1, 0.15) is 5.75 Å². The molecule has 0 spiro atoms. The van der Waals surface area contributed by atoms with E-state index in [-0.39, 0.29) is 11.7 Å². The van der Waals surface area contributed by atoms with Crippen LogP contribution >= 0.6 is 0 Å². The van der Waals surface area contributed by atoms with E-state index in [2.05, 4.69) is 11.3 Å². The number of hydrogen-bond donors (Lipinski definition) is 0. The topological polar surface area (TPSA) is 9.23 Å². The Balaban J connectivity index is 3.14. The van der Waals surface area contributed by atoms with Crippen LogP contribution in [0.5, 0.6) is 5.75 Å². The molecule has 0 heterocycles. The molecule has 0 saturated heterocycles. The van der Waals surface area contributed by atoms with E-state index in [0.717, 1.165) is 11.1 Å². The van der Waals surface area contributed by atoms with Crippen LogP contribution < -0.4 is 4.74 Å². The van der Waals surface area contributed by atoms with Gasteiger partial charge in [-0.2, -0.15) is 0 Å². The first-order valence-corrected chi connectivity index (χ1v) is 5.93. The van der Waals surface area contributed by atoms with Crippen molar-refractivity contribution in [2.45, 2.75) is 27.1 Å². The highest BCUT2D eigenvalue weighted by atomic mass is 19.4. The number of allylic oxidation sites excluding steroid dienone is 2. The molecule has 19 heavy (non-hydrogen) atoms. The van der Waals surface area contributed by atoms with Gasteiger partial charge in [0.05, 0.1) is 0 Å². The molecule has 0 amide bonds. The third-order valence-electron chi connectivity index (χ3n) is 2.71. The van der Waals surface area contributed by atoms with E-state index in [1.165, 1.54) is 12.1 Å². The molecule has 0 aromatic heterocycles. The molecule has 104 valence electrons. The average Bonchev–Trinajstić information content (AvgIpc) is 2.27. The van der Waals surface area contributed by atoms with Crippen molar-refractivity contribution in [1.82, 2.24) is 0 Å². The van der Waals surface area contributed by atoms with Crippen molar-refractivity contribution in [3.8, 4) is 5.75 Å². The normalized spacial score (nSPS) is 12.7. The molecule has 0 fully saturated rings. The number of halogens is 3. The molecule has 0 bridgehead atoms. The third-order valence-corrected chi connectivity index (χ3v) is 2.71. The summed E-state index contributed by atoms with van der Waals surface area (Å²) in [4.78, 5) is 0. The van der Waals surface area contributed by atoms with Crippen LogP contribution in [0.2, 0.25) is 0 Å². The van der Waals surface area contributed by atoms with Crippen molar-refractivity contribution in [2.75, 3.05) is 0 Å². The Hall–Kier alpha value is -1.71. The molecule has 0 saturated carbocycles. The molecule has 1 rings (SSSR count). The van der Waals surface area contributed by atoms with Gasteiger partial charge in [-0.1, -0.05) is 38.6 Å². The van der Waals surface area contributed by atoms with Crippen LogP contribution in [0.1, 0.15) is 25.0 Å². The Morgan fingerprint density at radius 2 is 1.95 bits per heavy atom. The van der Waals surface area contributed by atoms with Crippen molar-refractivity contribution < 1.29 is 17.9 Å². The van der Waals surface area contributed by atoms with Crippen LogP contribution in [-0.4, -0.2) is 6.36 Å². The summed E-state index contributed by atoms with van der Waals surface area (Å²) in [6.07, 6.45) is -1.13. The maximum absolute atomic E-state index is 12.2. The molecule has 4 heteroatoms. The standard InChI is InChI=1S/C15H17F3O/c1-5-12(10(2)3)8-13-9-14(7-6-11(13)4)19-15(16,17)18/h5-10H,1H2,2-4H3/b12-8+. The first kappa shape index (κ1) is 15.3. The fraction of sp³-hybridized carbons (Fsp3) is 0.333. The van der Waals surface area contributed by atoms with Crippen LogP contribution in [0.15, 0.2) is 36.4 Å². The second kappa shape index (κ2) is 5.95. The van der Waals surface area contributed by atoms with Gasteiger partial charge in [0, 0.05) is 0 Å². The molecule has 1 nitrogen and oxygen atoms in total. The van der Waals surface area contributed by atoms with E-state index in [4.69, 9.17) is 0 Å². The number of alkyl halides is 3. The molecule has 0 aliphatic heterocycles. The minimum atomic E-state index is -4.67. The number of ether oxygens (including phenoxy) is 1. The monoisotopic (exact) mass is 270 g/mol.